The van der Waals surface area contributed by atoms with Gasteiger partial charge in [-0.2, -0.15) is 0 Å². The van der Waals surface area contributed by atoms with Gasteiger partial charge >= 0.3 is 5.97 Å². The molecule has 1 amide bonds. The fourth-order valence-electron chi connectivity index (χ4n) is 3.75. The third-order valence-electron chi connectivity index (χ3n) is 5.36. The minimum Gasteiger partial charge on any atom is -0.507 e. The number of aliphatic hydroxyl groups is 1. The van der Waals surface area contributed by atoms with E-state index in [0.29, 0.717) is 23.4 Å². The molecular formula is C25H27NO5. The summed E-state index contributed by atoms with van der Waals surface area (Å²) in [6.45, 7) is 5.72. The van der Waals surface area contributed by atoms with E-state index < -0.39 is 23.7 Å². The Hall–Kier alpha value is -3.41. The highest BCUT2D eigenvalue weighted by Gasteiger charge is 2.45. The maximum Gasteiger partial charge on any atom is 0.308 e. The van der Waals surface area contributed by atoms with Crippen molar-refractivity contribution in [3.63, 3.8) is 0 Å². The number of carbonyl (C=O) groups excluding carboxylic acids is 3. The summed E-state index contributed by atoms with van der Waals surface area (Å²) in [5.74, 6) is -1.70. The lowest BCUT2D eigenvalue weighted by Gasteiger charge is -2.25. The molecule has 2 aromatic rings. The van der Waals surface area contributed by atoms with Crippen molar-refractivity contribution in [2.45, 2.75) is 46.1 Å². The highest BCUT2D eigenvalue weighted by molar-refractivity contribution is 6.46. The van der Waals surface area contributed by atoms with E-state index in [-0.39, 0.29) is 11.3 Å². The number of esters is 1. The highest BCUT2D eigenvalue weighted by atomic mass is 16.5. The smallest absolute Gasteiger partial charge is 0.308 e. The summed E-state index contributed by atoms with van der Waals surface area (Å²) in [7, 11) is 0. The first-order chi connectivity index (χ1) is 14.9. The molecule has 1 aliphatic heterocycles. The van der Waals surface area contributed by atoms with E-state index >= 15 is 0 Å². The number of ketones is 1. The van der Waals surface area contributed by atoms with Gasteiger partial charge in [0.1, 0.15) is 11.5 Å². The minimum absolute atomic E-state index is 0.0466. The molecule has 3 rings (SSSR count). The maximum atomic E-state index is 13.0. The first kappa shape index (κ1) is 22.3. The Labute approximate surface area is 182 Å². The predicted octanol–water partition coefficient (Wildman–Crippen LogP) is 4.40. The third-order valence-corrected chi connectivity index (χ3v) is 5.36. The first-order valence-corrected chi connectivity index (χ1v) is 10.5. The molecule has 0 saturated carbocycles. The van der Waals surface area contributed by atoms with Crippen molar-refractivity contribution in [2.75, 3.05) is 6.54 Å². The Kier molecular flexibility index (Phi) is 6.90. The van der Waals surface area contributed by atoms with Gasteiger partial charge in [0.15, 0.2) is 0 Å². The second kappa shape index (κ2) is 9.60. The lowest BCUT2D eigenvalue weighted by Crippen LogP contribution is -2.30. The number of ether oxygens (including phenoxy) is 1. The van der Waals surface area contributed by atoms with Crippen LogP contribution in [0.2, 0.25) is 0 Å². The Balaban J connectivity index is 2.13. The summed E-state index contributed by atoms with van der Waals surface area (Å²) in [6.07, 6.45) is 2.42. The molecule has 0 aromatic heterocycles. The fraction of sp³-hybridized carbons (Fsp3) is 0.320. The van der Waals surface area contributed by atoms with Gasteiger partial charge in [0.25, 0.3) is 11.7 Å². The Morgan fingerprint density at radius 3 is 2.42 bits per heavy atom. The summed E-state index contributed by atoms with van der Waals surface area (Å²) in [4.78, 5) is 38.7. The number of aryl methyl sites for hydroxylation is 1. The third kappa shape index (κ3) is 4.68. The van der Waals surface area contributed by atoms with Gasteiger partial charge in [-0.25, -0.2) is 0 Å². The molecule has 1 atom stereocenters. The summed E-state index contributed by atoms with van der Waals surface area (Å²) < 4.78 is 5.18. The molecule has 1 saturated heterocycles. The SMILES string of the molecule is CCCCN1C(=O)C(=O)/C(=C(\O)c2ccc(CC)cc2)C1c1cccc(OC(C)=O)c1. The van der Waals surface area contributed by atoms with Crippen molar-refractivity contribution < 1.29 is 24.2 Å². The van der Waals surface area contributed by atoms with E-state index in [9.17, 15) is 19.5 Å². The quantitative estimate of drug-likeness (QED) is 0.236. The molecule has 1 unspecified atom stereocenters. The first-order valence-electron chi connectivity index (χ1n) is 10.5. The van der Waals surface area contributed by atoms with Crippen LogP contribution >= 0.6 is 0 Å². The predicted molar refractivity (Wildman–Crippen MR) is 117 cm³/mol. The topological polar surface area (TPSA) is 83.9 Å². The van der Waals surface area contributed by atoms with Gasteiger partial charge in [-0.3, -0.25) is 14.4 Å². The summed E-state index contributed by atoms with van der Waals surface area (Å²) >= 11 is 0. The monoisotopic (exact) mass is 421 g/mol. The van der Waals surface area contributed by atoms with Crippen molar-refractivity contribution >= 4 is 23.4 Å². The van der Waals surface area contributed by atoms with Gasteiger partial charge in [0.05, 0.1) is 11.6 Å². The average Bonchev–Trinajstić information content (AvgIpc) is 3.01. The van der Waals surface area contributed by atoms with Crippen LogP contribution in [0.25, 0.3) is 5.76 Å². The van der Waals surface area contributed by atoms with Crippen LogP contribution < -0.4 is 4.74 Å². The largest absolute Gasteiger partial charge is 0.507 e. The van der Waals surface area contributed by atoms with Crippen LogP contribution in [0.15, 0.2) is 54.1 Å². The Morgan fingerprint density at radius 1 is 1.10 bits per heavy atom. The van der Waals surface area contributed by atoms with E-state index in [0.717, 1.165) is 24.8 Å². The Morgan fingerprint density at radius 2 is 1.81 bits per heavy atom. The number of carbonyl (C=O) groups is 3. The number of Topliss-reactive ketones (excluding diaryl/α,β-unsaturated/α-hetero) is 1. The second-order valence-corrected chi connectivity index (χ2v) is 7.56. The zero-order chi connectivity index (χ0) is 22.5. The number of hydrogen-bond donors (Lipinski definition) is 1. The molecule has 31 heavy (non-hydrogen) atoms. The number of unbranched alkanes of at least 4 members (excludes halogenated alkanes) is 1. The lowest BCUT2D eigenvalue weighted by molar-refractivity contribution is -0.139. The van der Waals surface area contributed by atoms with Gasteiger partial charge in [-0.1, -0.05) is 56.7 Å². The molecule has 2 aromatic carbocycles. The van der Waals surface area contributed by atoms with Gasteiger partial charge < -0.3 is 14.7 Å². The Bertz CT molecular complexity index is 1020. The number of nitrogens with zero attached hydrogens (tertiary/aromatic N) is 1. The zero-order valence-corrected chi connectivity index (χ0v) is 18.1. The molecule has 1 aliphatic rings. The summed E-state index contributed by atoms with van der Waals surface area (Å²) in [5.41, 5.74) is 2.23. The van der Waals surface area contributed by atoms with Gasteiger partial charge in [0.2, 0.25) is 0 Å². The molecule has 1 fully saturated rings. The van der Waals surface area contributed by atoms with Crippen LogP contribution in [0.4, 0.5) is 0 Å². The fourth-order valence-corrected chi connectivity index (χ4v) is 3.75. The van der Waals surface area contributed by atoms with E-state index in [1.807, 2.05) is 26.0 Å². The maximum absolute atomic E-state index is 13.0. The van der Waals surface area contributed by atoms with Crippen LogP contribution in [-0.4, -0.2) is 34.2 Å². The van der Waals surface area contributed by atoms with Gasteiger partial charge in [-0.15, -0.1) is 0 Å². The van der Waals surface area contributed by atoms with E-state index in [1.165, 1.54) is 11.8 Å². The summed E-state index contributed by atoms with van der Waals surface area (Å²) in [5, 5.41) is 11.1. The van der Waals surface area contributed by atoms with E-state index in [1.54, 1.807) is 36.4 Å². The standard InChI is InChI=1S/C25H27NO5/c1-4-6-14-26-22(19-8-7-9-20(15-19)31-16(3)27)21(24(29)25(26)30)23(28)18-12-10-17(5-2)11-13-18/h7-13,15,22,28H,4-6,14H2,1-3H3/b23-21-. The minimum atomic E-state index is -0.757. The van der Waals surface area contributed by atoms with E-state index in [4.69, 9.17) is 4.74 Å². The number of aliphatic hydroxyl groups excluding tert-OH is 1. The molecule has 162 valence electrons. The van der Waals surface area contributed by atoms with Crippen molar-refractivity contribution in [1.82, 2.24) is 4.90 Å². The molecule has 0 bridgehead atoms. The van der Waals surface area contributed by atoms with Crippen molar-refractivity contribution in [3.05, 3.63) is 70.8 Å². The number of hydrogen-bond acceptors (Lipinski definition) is 5. The van der Waals surface area contributed by atoms with Crippen LogP contribution in [0.3, 0.4) is 0 Å². The highest BCUT2D eigenvalue weighted by Crippen LogP contribution is 2.40. The molecular weight excluding hydrogens is 394 g/mol. The number of rotatable bonds is 7. The number of benzene rings is 2. The zero-order valence-electron chi connectivity index (χ0n) is 18.1. The number of amides is 1. The van der Waals surface area contributed by atoms with Gasteiger partial charge in [-0.05, 0) is 36.1 Å². The van der Waals surface area contributed by atoms with Crippen LogP contribution in [0.1, 0.15) is 56.3 Å². The van der Waals surface area contributed by atoms with Crippen molar-refractivity contribution in [1.29, 1.82) is 0 Å². The molecule has 0 radical (unpaired) electrons. The molecule has 1 N–H and O–H groups in total. The van der Waals surface area contributed by atoms with Crippen molar-refractivity contribution in [3.8, 4) is 5.75 Å². The molecule has 6 nitrogen and oxygen atoms in total. The summed E-state index contributed by atoms with van der Waals surface area (Å²) in [6, 6.07) is 13.2. The van der Waals surface area contributed by atoms with Crippen LogP contribution in [0, 0.1) is 0 Å². The average molecular weight is 421 g/mol. The second-order valence-electron chi connectivity index (χ2n) is 7.56. The lowest BCUT2D eigenvalue weighted by atomic mass is 9.94. The van der Waals surface area contributed by atoms with E-state index in [2.05, 4.69) is 0 Å². The molecule has 6 heteroatoms. The molecule has 0 spiro atoms. The normalized spacial score (nSPS) is 17.8. The van der Waals surface area contributed by atoms with Crippen molar-refractivity contribution in [2.24, 2.45) is 0 Å². The number of likely N-dealkylation sites (tertiary alicyclic amines) is 1. The van der Waals surface area contributed by atoms with Gasteiger partial charge in [0, 0.05) is 19.0 Å². The van der Waals surface area contributed by atoms with Crippen LogP contribution in [-0.2, 0) is 20.8 Å². The molecule has 1 heterocycles. The molecule has 0 aliphatic carbocycles. The van der Waals surface area contributed by atoms with Crippen LogP contribution in [0.5, 0.6) is 5.75 Å².